The Kier molecular flexibility index (Phi) is 33.9. The largest absolute Gasteiger partial charge is 0.464 e. The topological polar surface area (TPSA) is 152 Å². The molecule has 0 fully saturated rings. The van der Waals surface area contributed by atoms with E-state index in [1.165, 1.54) is 89.9 Å². The fourth-order valence-electron chi connectivity index (χ4n) is 5.72. The predicted octanol–water partition coefficient (Wildman–Crippen LogP) is 8.55. The number of carbonyl (C=O) groups excluding carboxylic acids is 4. The minimum absolute atomic E-state index is 0.0898. The molecule has 10 heteroatoms. The highest BCUT2D eigenvalue weighted by atomic mass is 16.5. The quantitative estimate of drug-likeness (QED) is 0.0335. The van der Waals surface area contributed by atoms with Crippen LogP contribution < -0.4 is 27.0 Å². The molecule has 0 aromatic heterocycles. The molecule has 5 amide bonds. The third-order valence-electron chi connectivity index (χ3n) is 8.77. The lowest BCUT2D eigenvalue weighted by Gasteiger charge is -2.18. The van der Waals surface area contributed by atoms with Crippen LogP contribution in [0.1, 0.15) is 187 Å². The van der Waals surface area contributed by atoms with Crippen LogP contribution in [0.25, 0.3) is 0 Å². The molecular weight excluding hydrogens is 606 g/mol. The molecule has 0 rings (SSSR count). The molecule has 1 atom stereocenters. The van der Waals surface area contributed by atoms with Gasteiger partial charge in [0.05, 0.1) is 6.61 Å². The van der Waals surface area contributed by atoms with Gasteiger partial charge in [-0.25, -0.2) is 14.4 Å². The summed E-state index contributed by atoms with van der Waals surface area (Å²) < 4.78 is 5.58. The summed E-state index contributed by atoms with van der Waals surface area (Å²) in [7, 11) is 0. The molecule has 282 valence electrons. The Morgan fingerprint density at radius 2 is 0.958 bits per heavy atom. The third kappa shape index (κ3) is 33.4. The fourth-order valence-corrected chi connectivity index (χ4v) is 5.72. The number of unbranched alkanes of at least 4 members (excludes halogenated alkanes) is 21. The van der Waals surface area contributed by atoms with Crippen molar-refractivity contribution >= 4 is 23.9 Å². The van der Waals surface area contributed by atoms with Crippen molar-refractivity contribution in [2.45, 2.75) is 193 Å². The van der Waals surface area contributed by atoms with Crippen molar-refractivity contribution < 1.29 is 23.9 Å². The summed E-state index contributed by atoms with van der Waals surface area (Å²) in [6.07, 6.45) is 29.1. The number of rotatable bonds is 35. The molecule has 10 nitrogen and oxygen atoms in total. The van der Waals surface area contributed by atoms with Gasteiger partial charge >= 0.3 is 18.0 Å². The van der Waals surface area contributed by atoms with Crippen LogP contribution in [-0.2, 0) is 14.3 Å². The highest BCUT2D eigenvalue weighted by Crippen LogP contribution is 2.12. The van der Waals surface area contributed by atoms with Gasteiger partial charge in [-0.15, -0.1) is 0 Å². The molecule has 0 unspecified atom stereocenters. The summed E-state index contributed by atoms with van der Waals surface area (Å²) in [4.78, 5) is 48.5. The Morgan fingerprint density at radius 3 is 1.50 bits per heavy atom. The third-order valence-corrected chi connectivity index (χ3v) is 8.77. The normalized spacial score (nSPS) is 11.5. The van der Waals surface area contributed by atoms with Gasteiger partial charge in [0.15, 0.2) is 0 Å². The number of hydrogen-bond donors (Lipinski definition) is 5. The lowest BCUT2D eigenvalue weighted by atomic mass is 10.1. The van der Waals surface area contributed by atoms with Crippen LogP contribution in [0.2, 0.25) is 0 Å². The smallest absolute Gasteiger partial charge is 0.328 e. The van der Waals surface area contributed by atoms with Crippen LogP contribution >= 0.6 is 0 Å². The molecule has 0 bridgehead atoms. The van der Waals surface area contributed by atoms with Gasteiger partial charge in [-0.05, 0) is 44.9 Å². The highest BCUT2D eigenvalue weighted by molar-refractivity contribution is 5.83. The summed E-state index contributed by atoms with van der Waals surface area (Å²) >= 11 is 0. The molecule has 0 aromatic rings. The van der Waals surface area contributed by atoms with Gasteiger partial charge in [0, 0.05) is 26.1 Å². The monoisotopic (exact) mass is 682 g/mol. The Labute approximate surface area is 294 Å². The van der Waals surface area contributed by atoms with Crippen LogP contribution in [0.3, 0.4) is 0 Å². The van der Waals surface area contributed by atoms with E-state index in [4.69, 9.17) is 10.5 Å². The number of esters is 1. The Morgan fingerprint density at radius 1 is 0.521 bits per heavy atom. The molecule has 0 heterocycles. The van der Waals surface area contributed by atoms with E-state index in [2.05, 4.69) is 35.1 Å². The molecule has 0 aromatic carbocycles. The maximum absolute atomic E-state index is 12.9. The second-order valence-electron chi connectivity index (χ2n) is 13.4. The first-order valence-electron chi connectivity index (χ1n) is 19.9. The van der Waals surface area contributed by atoms with E-state index in [1.807, 2.05) is 0 Å². The second-order valence-corrected chi connectivity index (χ2v) is 13.4. The molecule has 0 aliphatic rings. The summed E-state index contributed by atoms with van der Waals surface area (Å²) in [5.74, 6) is -0.301. The maximum Gasteiger partial charge on any atom is 0.328 e. The average Bonchev–Trinajstić information content (AvgIpc) is 3.06. The first-order valence-corrected chi connectivity index (χ1v) is 19.9. The van der Waals surface area contributed by atoms with Crippen LogP contribution in [0.15, 0.2) is 0 Å². The maximum atomic E-state index is 12.9. The first kappa shape index (κ1) is 45.5. The predicted molar refractivity (Wildman–Crippen MR) is 198 cm³/mol. The van der Waals surface area contributed by atoms with Crippen molar-refractivity contribution in [1.29, 1.82) is 0 Å². The van der Waals surface area contributed by atoms with Gasteiger partial charge < -0.3 is 31.7 Å². The number of ether oxygens (including phenoxy) is 1. The minimum Gasteiger partial charge on any atom is -0.464 e. The summed E-state index contributed by atoms with van der Waals surface area (Å²) in [5, 5.41) is 11.2. The van der Waals surface area contributed by atoms with Gasteiger partial charge in [0.2, 0.25) is 5.91 Å². The van der Waals surface area contributed by atoms with E-state index in [9.17, 15) is 19.2 Å². The summed E-state index contributed by atoms with van der Waals surface area (Å²) in [5.41, 5.74) is 5.06. The zero-order chi connectivity index (χ0) is 35.3. The Hall–Kier alpha value is -2.52. The number of amides is 5. The number of nitrogens with two attached hydrogens (primary N) is 1. The number of hydrogen-bond acceptors (Lipinski definition) is 5. The van der Waals surface area contributed by atoms with Crippen molar-refractivity contribution in [1.82, 2.24) is 21.3 Å². The van der Waals surface area contributed by atoms with Crippen LogP contribution in [-0.4, -0.2) is 56.2 Å². The van der Waals surface area contributed by atoms with Crippen molar-refractivity contribution in [2.75, 3.05) is 26.2 Å². The zero-order valence-electron chi connectivity index (χ0n) is 31.1. The van der Waals surface area contributed by atoms with E-state index in [0.29, 0.717) is 45.5 Å². The molecule has 0 spiro atoms. The van der Waals surface area contributed by atoms with E-state index in [-0.39, 0.29) is 11.9 Å². The van der Waals surface area contributed by atoms with Gasteiger partial charge in [-0.3, -0.25) is 4.79 Å². The molecule has 6 N–H and O–H groups in total. The Balaban J connectivity index is 4.32. The number of urea groups is 2. The SMILES string of the molecule is CCCCCCCCCCCCOC(=O)[C@H](CCCCNC(=O)CCCCCCCCCCC)NC(=O)NCCCCCCNC(N)=O. The summed E-state index contributed by atoms with van der Waals surface area (Å²) in [6.45, 7) is 6.46. The Bertz CT molecular complexity index is 783. The van der Waals surface area contributed by atoms with Crippen molar-refractivity contribution in [3.05, 3.63) is 0 Å². The number of nitrogens with one attached hydrogen (secondary N) is 4. The number of carbonyl (C=O) groups is 4. The van der Waals surface area contributed by atoms with Crippen molar-refractivity contribution in [3.63, 3.8) is 0 Å². The minimum atomic E-state index is -0.717. The fraction of sp³-hybridized carbons (Fsp3) is 0.895. The standard InChI is InChI=1S/C38H75N5O5/c1-3-5-7-9-11-13-15-17-21-27-33-48-36(45)34(43-38(47)42-32-25-20-19-24-31-41-37(39)46)28-23-26-30-40-35(44)29-22-18-16-14-12-10-8-6-4-2/h34H,3-33H2,1-2H3,(H,40,44)(H3,39,41,46)(H2,42,43,47)/t34-/m0/s1. The molecular formula is C38H75N5O5. The van der Waals surface area contributed by atoms with E-state index >= 15 is 0 Å². The van der Waals surface area contributed by atoms with Gasteiger partial charge in [0.25, 0.3) is 0 Å². The average molecular weight is 682 g/mol. The lowest BCUT2D eigenvalue weighted by Crippen LogP contribution is -2.47. The van der Waals surface area contributed by atoms with E-state index in [1.54, 1.807) is 0 Å². The van der Waals surface area contributed by atoms with Gasteiger partial charge in [0.1, 0.15) is 6.04 Å². The highest BCUT2D eigenvalue weighted by Gasteiger charge is 2.22. The first-order chi connectivity index (χ1) is 23.4. The molecule has 48 heavy (non-hydrogen) atoms. The zero-order valence-corrected chi connectivity index (χ0v) is 31.1. The lowest BCUT2D eigenvalue weighted by molar-refractivity contribution is -0.146. The molecule has 0 saturated heterocycles. The van der Waals surface area contributed by atoms with Crippen LogP contribution in [0.5, 0.6) is 0 Å². The molecule has 0 saturated carbocycles. The molecule has 0 aliphatic heterocycles. The molecule has 0 aliphatic carbocycles. The number of primary amides is 1. The van der Waals surface area contributed by atoms with Crippen molar-refractivity contribution in [2.24, 2.45) is 5.73 Å². The van der Waals surface area contributed by atoms with E-state index < -0.39 is 18.0 Å². The van der Waals surface area contributed by atoms with Crippen LogP contribution in [0.4, 0.5) is 9.59 Å². The van der Waals surface area contributed by atoms with Gasteiger partial charge in [-0.1, -0.05) is 136 Å². The van der Waals surface area contributed by atoms with E-state index in [0.717, 1.165) is 64.2 Å². The second kappa shape index (κ2) is 35.8. The molecule has 0 radical (unpaired) electrons. The van der Waals surface area contributed by atoms with Crippen LogP contribution in [0, 0.1) is 0 Å². The summed E-state index contributed by atoms with van der Waals surface area (Å²) in [6, 6.07) is -1.61. The van der Waals surface area contributed by atoms with Gasteiger partial charge in [-0.2, -0.15) is 0 Å². The van der Waals surface area contributed by atoms with Crippen molar-refractivity contribution in [3.8, 4) is 0 Å².